The van der Waals surface area contributed by atoms with Gasteiger partial charge in [0.25, 0.3) is 0 Å². The minimum atomic E-state index is -0.435. The number of hydrogen-bond donors (Lipinski definition) is 2. The zero-order chi connectivity index (χ0) is 14.9. The minimum Gasteiger partial charge on any atom is -0.370 e. The first kappa shape index (κ1) is 14.7. The number of nitrogens with two attached hydrogens (primary N) is 1. The van der Waals surface area contributed by atoms with Gasteiger partial charge in [0, 0.05) is 30.6 Å². The number of hydrogen-bond acceptors (Lipinski definition) is 3. The number of nitrogens with one attached hydrogen (secondary N) is 1. The van der Waals surface area contributed by atoms with Crippen molar-refractivity contribution in [3.05, 3.63) is 28.8 Å². The molecule has 1 unspecified atom stereocenters. The van der Waals surface area contributed by atoms with E-state index in [4.69, 9.17) is 17.3 Å². The lowest BCUT2D eigenvalue weighted by Crippen LogP contribution is -2.51. The number of anilines is 1. The molecule has 2 heterocycles. The number of carbonyl (C=O) groups is 1. The molecular formula is C16H22ClN3O. The summed E-state index contributed by atoms with van der Waals surface area (Å²) in [4.78, 5) is 13.6. The fourth-order valence-electron chi connectivity index (χ4n) is 3.71. The molecule has 5 heteroatoms. The molecule has 4 nitrogen and oxygen atoms in total. The Kier molecular flexibility index (Phi) is 4.09. The Morgan fingerprint density at radius 1 is 1.33 bits per heavy atom. The standard InChI is InChI=1S/C16H22ClN3O/c17-13-9-12(15(18)21)3-4-14(13)20-8-2-6-16(11-20)5-1-7-19-10-16/h3-4,9,19H,1-2,5-8,10-11H2,(H2,18,21). The number of nitrogens with zero attached hydrogens (tertiary/aromatic N) is 1. The van der Waals surface area contributed by atoms with Crippen molar-refractivity contribution in [2.45, 2.75) is 25.7 Å². The summed E-state index contributed by atoms with van der Waals surface area (Å²) in [6.07, 6.45) is 5.01. The zero-order valence-electron chi connectivity index (χ0n) is 12.2. The molecule has 2 aliphatic heterocycles. The van der Waals surface area contributed by atoms with Gasteiger partial charge in [-0.15, -0.1) is 0 Å². The third-order valence-electron chi connectivity index (χ3n) is 4.79. The van der Waals surface area contributed by atoms with E-state index in [2.05, 4.69) is 10.2 Å². The Labute approximate surface area is 130 Å². The van der Waals surface area contributed by atoms with Gasteiger partial charge in [0.05, 0.1) is 10.7 Å². The quantitative estimate of drug-likeness (QED) is 0.882. The molecule has 1 atom stereocenters. The fraction of sp³-hybridized carbons (Fsp3) is 0.562. The van der Waals surface area contributed by atoms with Crippen LogP contribution in [0.15, 0.2) is 18.2 Å². The van der Waals surface area contributed by atoms with Crippen LogP contribution >= 0.6 is 11.6 Å². The molecule has 0 saturated carbocycles. The molecule has 3 N–H and O–H groups in total. The van der Waals surface area contributed by atoms with Gasteiger partial charge in [-0.05, 0) is 50.4 Å². The van der Waals surface area contributed by atoms with Gasteiger partial charge in [0.1, 0.15) is 0 Å². The number of carbonyl (C=O) groups excluding carboxylic acids is 1. The summed E-state index contributed by atoms with van der Waals surface area (Å²) in [6.45, 7) is 4.29. The third kappa shape index (κ3) is 3.01. The lowest BCUT2D eigenvalue weighted by molar-refractivity contribution is 0.100. The van der Waals surface area contributed by atoms with E-state index in [0.717, 1.165) is 31.9 Å². The highest BCUT2D eigenvalue weighted by Crippen LogP contribution is 2.39. The van der Waals surface area contributed by atoms with Crippen LogP contribution in [0, 0.1) is 5.41 Å². The number of piperidine rings is 2. The van der Waals surface area contributed by atoms with Crippen molar-refractivity contribution in [3.63, 3.8) is 0 Å². The van der Waals surface area contributed by atoms with E-state index in [9.17, 15) is 4.79 Å². The molecule has 0 aromatic heterocycles. The second-order valence-electron chi connectivity index (χ2n) is 6.34. The molecule has 2 fully saturated rings. The molecule has 21 heavy (non-hydrogen) atoms. The van der Waals surface area contributed by atoms with Gasteiger partial charge in [0.2, 0.25) is 5.91 Å². The predicted octanol–water partition coefficient (Wildman–Crippen LogP) is 2.41. The summed E-state index contributed by atoms with van der Waals surface area (Å²) in [5.74, 6) is -0.435. The molecule has 114 valence electrons. The van der Waals surface area contributed by atoms with E-state index in [1.54, 1.807) is 12.1 Å². The first-order valence-electron chi connectivity index (χ1n) is 7.65. The van der Waals surface area contributed by atoms with Crippen molar-refractivity contribution in [1.82, 2.24) is 5.32 Å². The van der Waals surface area contributed by atoms with Crippen LogP contribution in [0.4, 0.5) is 5.69 Å². The molecule has 3 rings (SSSR count). The van der Waals surface area contributed by atoms with E-state index in [-0.39, 0.29) is 0 Å². The minimum absolute atomic E-state index is 0.377. The SMILES string of the molecule is NC(=O)c1ccc(N2CCCC3(CCCNC3)C2)c(Cl)c1. The predicted molar refractivity (Wildman–Crippen MR) is 86.0 cm³/mol. The van der Waals surface area contributed by atoms with Crippen LogP contribution in [0.25, 0.3) is 0 Å². The Morgan fingerprint density at radius 3 is 2.81 bits per heavy atom. The second-order valence-corrected chi connectivity index (χ2v) is 6.74. The van der Waals surface area contributed by atoms with Crippen molar-refractivity contribution in [2.75, 3.05) is 31.1 Å². The van der Waals surface area contributed by atoms with Crippen molar-refractivity contribution in [1.29, 1.82) is 0 Å². The van der Waals surface area contributed by atoms with Crippen molar-refractivity contribution in [2.24, 2.45) is 11.1 Å². The summed E-state index contributed by atoms with van der Waals surface area (Å²) in [5.41, 5.74) is 7.17. The van der Waals surface area contributed by atoms with Gasteiger partial charge in [-0.3, -0.25) is 4.79 Å². The molecule has 2 aliphatic rings. The number of rotatable bonds is 2. The fourth-order valence-corrected chi connectivity index (χ4v) is 4.01. The maximum atomic E-state index is 11.2. The molecule has 2 saturated heterocycles. The van der Waals surface area contributed by atoms with Crippen LogP contribution in [0.2, 0.25) is 5.02 Å². The van der Waals surface area contributed by atoms with E-state index < -0.39 is 5.91 Å². The molecule has 1 aromatic rings. The van der Waals surface area contributed by atoms with Crippen LogP contribution in [-0.4, -0.2) is 32.1 Å². The molecule has 1 aromatic carbocycles. The van der Waals surface area contributed by atoms with Crippen molar-refractivity contribution in [3.8, 4) is 0 Å². The van der Waals surface area contributed by atoms with Crippen molar-refractivity contribution >= 4 is 23.2 Å². The summed E-state index contributed by atoms with van der Waals surface area (Å²) < 4.78 is 0. The Morgan fingerprint density at radius 2 is 2.14 bits per heavy atom. The molecule has 1 amide bonds. The van der Waals surface area contributed by atoms with Gasteiger partial charge in [-0.25, -0.2) is 0 Å². The molecule has 0 bridgehead atoms. The number of amides is 1. The normalized spacial score (nSPS) is 26.0. The summed E-state index contributed by atoms with van der Waals surface area (Å²) >= 11 is 6.37. The molecule has 1 spiro atoms. The average Bonchev–Trinajstić information content (AvgIpc) is 2.48. The Hall–Kier alpha value is -1.26. The first-order chi connectivity index (χ1) is 10.1. The van der Waals surface area contributed by atoms with Gasteiger partial charge < -0.3 is 16.0 Å². The number of primary amides is 1. The third-order valence-corrected chi connectivity index (χ3v) is 5.10. The highest BCUT2D eigenvalue weighted by Gasteiger charge is 2.37. The van der Waals surface area contributed by atoms with E-state index in [1.165, 1.54) is 25.7 Å². The van der Waals surface area contributed by atoms with Crippen LogP contribution in [-0.2, 0) is 0 Å². The van der Waals surface area contributed by atoms with Crippen LogP contribution in [0.5, 0.6) is 0 Å². The highest BCUT2D eigenvalue weighted by molar-refractivity contribution is 6.33. The Bertz CT molecular complexity index is 535. The van der Waals surface area contributed by atoms with Crippen LogP contribution in [0.1, 0.15) is 36.0 Å². The molecule has 0 radical (unpaired) electrons. The average molecular weight is 308 g/mol. The topological polar surface area (TPSA) is 58.4 Å². The van der Waals surface area contributed by atoms with Gasteiger partial charge in [-0.1, -0.05) is 11.6 Å². The summed E-state index contributed by atoms with van der Waals surface area (Å²) in [6, 6.07) is 5.38. The second kappa shape index (κ2) is 5.85. The largest absolute Gasteiger partial charge is 0.370 e. The smallest absolute Gasteiger partial charge is 0.248 e. The van der Waals surface area contributed by atoms with E-state index >= 15 is 0 Å². The van der Waals surface area contributed by atoms with Crippen LogP contribution in [0.3, 0.4) is 0 Å². The molecular weight excluding hydrogens is 286 g/mol. The zero-order valence-corrected chi connectivity index (χ0v) is 13.0. The molecule has 0 aliphatic carbocycles. The maximum absolute atomic E-state index is 11.2. The maximum Gasteiger partial charge on any atom is 0.248 e. The Balaban J connectivity index is 1.81. The first-order valence-corrected chi connectivity index (χ1v) is 8.03. The van der Waals surface area contributed by atoms with Crippen molar-refractivity contribution < 1.29 is 4.79 Å². The van der Waals surface area contributed by atoms with Crippen LogP contribution < -0.4 is 16.0 Å². The summed E-state index contributed by atoms with van der Waals surface area (Å²) in [5, 5.41) is 4.15. The van der Waals surface area contributed by atoms with Gasteiger partial charge >= 0.3 is 0 Å². The van der Waals surface area contributed by atoms with E-state index in [1.807, 2.05) is 6.07 Å². The van der Waals surface area contributed by atoms with E-state index in [0.29, 0.717) is 16.0 Å². The number of benzene rings is 1. The van der Waals surface area contributed by atoms with Gasteiger partial charge in [0.15, 0.2) is 0 Å². The monoisotopic (exact) mass is 307 g/mol. The lowest BCUT2D eigenvalue weighted by atomic mass is 9.74. The summed E-state index contributed by atoms with van der Waals surface area (Å²) in [7, 11) is 0. The van der Waals surface area contributed by atoms with Gasteiger partial charge in [-0.2, -0.15) is 0 Å². The lowest BCUT2D eigenvalue weighted by Gasteiger charge is -2.46. The number of halogens is 1. The highest BCUT2D eigenvalue weighted by atomic mass is 35.5.